The quantitative estimate of drug-likeness (QED) is 0.0195. The number of hydrogen-bond acceptors (Lipinski definition) is 8. The molecule has 0 aromatic carbocycles. The predicted molar refractivity (Wildman–Crippen MR) is 297 cm³/mol. The van der Waals surface area contributed by atoms with Gasteiger partial charge in [-0.25, -0.2) is 0 Å². The van der Waals surface area contributed by atoms with E-state index in [1.807, 2.05) is 21.1 Å². The molecular formula is C62H105NO8. The van der Waals surface area contributed by atoms with Gasteiger partial charge in [0.25, 0.3) is 0 Å². The van der Waals surface area contributed by atoms with E-state index in [4.69, 9.17) is 18.9 Å². The summed E-state index contributed by atoms with van der Waals surface area (Å²) >= 11 is 0. The Bertz CT molecular complexity index is 1480. The second-order valence-electron chi connectivity index (χ2n) is 19.8. The van der Waals surface area contributed by atoms with Crippen LogP contribution in [0.2, 0.25) is 0 Å². The molecule has 0 rings (SSSR count). The maximum atomic E-state index is 12.8. The minimum atomic E-state index is -1.63. The Balaban J connectivity index is 4.11. The van der Waals surface area contributed by atoms with Crippen LogP contribution in [0.15, 0.2) is 97.2 Å². The van der Waals surface area contributed by atoms with E-state index in [1.165, 1.54) is 77.0 Å². The normalized spacial score (nSPS) is 13.5. The van der Waals surface area contributed by atoms with Gasteiger partial charge in [-0.05, 0) is 89.9 Å². The predicted octanol–water partition coefficient (Wildman–Crippen LogP) is 15.2. The van der Waals surface area contributed by atoms with E-state index < -0.39 is 24.3 Å². The van der Waals surface area contributed by atoms with Crippen molar-refractivity contribution in [1.29, 1.82) is 0 Å². The summed E-state index contributed by atoms with van der Waals surface area (Å²) in [6.07, 6.45) is 67.5. The number of carbonyl (C=O) groups excluding carboxylic acids is 3. The molecule has 0 radical (unpaired) electrons. The van der Waals surface area contributed by atoms with Crippen molar-refractivity contribution in [3.63, 3.8) is 0 Å². The van der Waals surface area contributed by atoms with Gasteiger partial charge in [0.05, 0.1) is 40.3 Å². The molecule has 2 atom stereocenters. The lowest BCUT2D eigenvalue weighted by molar-refractivity contribution is -0.870. The lowest BCUT2D eigenvalue weighted by Gasteiger charge is -2.26. The van der Waals surface area contributed by atoms with Gasteiger partial charge in [0, 0.05) is 12.8 Å². The average molecular weight is 993 g/mol. The van der Waals surface area contributed by atoms with Crippen molar-refractivity contribution < 1.29 is 42.9 Å². The molecule has 0 aromatic heterocycles. The monoisotopic (exact) mass is 992 g/mol. The number of likely N-dealkylation sites (N-methyl/N-ethyl adjacent to an activating group) is 1. The smallest absolute Gasteiger partial charge is 0.306 e. The molecule has 0 bridgehead atoms. The molecule has 9 nitrogen and oxygen atoms in total. The molecule has 2 unspecified atom stereocenters. The maximum absolute atomic E-state index is 12.8. The van der Waals surface area contributed by atoms with Gasteiger partial charge in [-0.15, -0.1) is 0 Å². The molecule has 0 fully saturated rings. The van der Waals surface area contributed by atoms with Crippen molar-refractivity contribution in [2.45, 2.75) is 232 Å². The van der Waals surface area contributed by atoms with Crippen molar-refractivity contribution in [3.05, 3.63) is 97.2 Å². The number of carboxylic acid groups (broad SMARTS) is 1. The molecule has 0 aliphatic carbocycles. The standard InChI is InChI=1S/C62H105NO8/c1-6-8-10-12-14-16-18-19-20-21-22-23-24-25-26-27-28-29-30-31-32-33-34-35-36-37-38-39-40-41-43-45-47-49-51-53-60(65)71-58(57-70-62(61(66)67)68-55-54-63(3,4)5)56-69-59(64)52-50-48-46-44-42-17-15-13-11-9-7-2/h8,10,13-16,19-20,22-23,25-26,28-29,31-32,58,62H,6-7,9,11-12,17-18,21,24,27,30,33-57H2,1-5H3/b10-8-,15-13-,16-14-,20-19-,23-22-,26-25-,29-28-,32-31-. The van der Waals surface area contributed by atoms with Crippen LogP contribution in [0.25, 0.3) is 0 Å². The first-order chi connectivity index (χ1) is 34.6. The van der Waals surface area contributed by atoms with E-state index in [0.717, 1.165) is 109 Å². The fraction of sp³-hybridized carbons (Fsp3) is 0.694. The first-order valence-corrected chi connectivity index (χ1v) is 28.4. The number of allylic oxidation sites excluding steroid dienone is 16. The van der Waals surface area contributed by atoms with Crippen LogP contribution in [0, 0.1) is 0 Å². The van der Waals surface area contributed by atoms with Crippen LogP contribution >= 0.6 is 0 Å². The highest BCUT2D eigenvalue weighted by Crippen LogP contribution is 2.15. The van der Waals surface area contributed by atoms with Crippen molar-refractivity contribution >= 4 is 17.9 Å². The molecule has 0 aliphatic heterocycles. The minimum absolute atomic E-state index is 0.143. The molecule has 0 amide bonds. The first-order valence-electron chi connectivity index (χ1n) is 28.4. The third-order valence-corrected chi connectivity index (χ3v) is 11.8. The largest absolute Gasteiger partial charge is 0.545 e. The second-order valence-corrected chi connectivity index (χ2v) is 19.8. The minimum Gasteiger partial charge on any atom is -0.545 e. The highest BCUT2D eigenvalue weighted by molar-refractivity contribution is 5.70. The molecule has 0 saturated heterocycles. The number of ether oxygens (including phenoxy) is 4. The van der Waals surface area contributed by atoms with Gasteiger partial charge in [-0.1, -0.05) is 214 Å². The molecular weight excluding hydrogens is 887 g/mol. The van der Waals surface area contributed by atoms with Crippen LogP contribution in [0.3, 0.4) is 0 Å². The average Bonchev–Trinajstić information content (AvgIpc) is 3.34. The van der Waals surface area contributed by atoms with E-state index >= 15 is 0 Å². The Morgan fingerprint density at radius 1 is 0.437 bits per heavy atom. The molecule has 0 heterocycles. The Kier molecular flexibility index (Phi) is 49.7. The number of carbonyl (C=O) groups is 3. The van der Waals surface area contributed by atoms with Gasteiger partial charge in [0.2, 0.25) is 0 Å². The maximum Gasteiger partial charge on any atom is 0.306 e. The summed E-state index contributed by atoms with van der Waals surface area (Å²) in [5.74, 6) is -2.30. The summed E-state index contributed by atoms with van der Waals surface area (Å²) in [5, 5.41) is 11.7. The number of quaternary nitrogens is 1. The van der Waals surface area contributed by atoms with E-state index in [0.29, 0.717) is 17.4 Å². The van der Waals surface area contributed by atoms with Crippen LogP contribution in [0.1, 0.15) is 219 Å². The van der Waals surface area contributed by atoms with E-state index in [-0.39, 0.29) is 38.6 Å². The van der Waals surface area contributed by atoms with Gasteiger partial charge >= 0.3 is 11.9 Å². The van der Waals surface area contributed by atoms with Crippen LogP contribution in [-0.4, -0.2) is 82.3 Å². The summed E-state index contributed by atoms with van der Waals surface area (Å²) in [6, 6.07) is 0. The van der Waals surface area contributed by atoms with E-state index in [2.05, 4.69) is 111 Å². The van der Waals surface area contributed by atoms with Crippen LogP contribution < -0.4 is 5.11 Å². The molecule has 0 N–H and O–H groups in total. The van der Waals surface area contributed by atoms with Crippen molar-refractivity contribution in [3.8, 4) is 0 Å². The van der Waals surface area contributed by atoms with E-state index in [9.17, 15) is 19.5 Å². The first kappa shape index (κ1) is 67.2. The molecule has 9 heteroatoms. The molecule has 0 aliphatic rings. The molecule has 71 heavy (non-hydrogen) atoms. The third-order valence-electron chi connectivity index (χ3n) is 11.8. The van der Waals surface area contributed by atoms with Crippen molar-refractivity contribution in [2.75, 3.05) is 47.5 Å². The topological polar surface area (TPSA) is 111 Å². The van der Waals surface area contributed by atoms with Gasteiger partial charge in [-0.3, -0.25) is 9.59 Å². The van der Waals surface area contributed by atoms with Gasteiger partial charge in [0.1, 0.15) is 13.2 Å². The van der Waals surface area contributed by atoms with Gasteiger partial charge in [0.15, 0.2) is 12.4 Å². The van der Waals surface area contributed by atoms with Crippen molar-refractivity contribution in [2.24, 2.45) is 0 Å². The van der Waals surface area contributed by atoms with Crippen LogP contribution in [-0.2, 0) is 33.3 Å². The zero-order chi connectivity index (χ0) is 52.0. The van der Waals surface area contributed by atoms with Crippen LogP contribution in [0.5, 0.6) is 0 Å². The Hall–Kier alpha value is -3.79. The molecule has 0 aromatic rings. The number of carboxylic acids is 1. The van der Waals surface area contributed by atoms with Gasteiger partial charge in [-0.2, -0.15) is 0 Å². The number of nitrogens with zero attached hydrogens (tertiary/aromatic N) is 1. The highest BCUT2D eigenvalue weighted by Gasteiger charge is 2.22. The lowest BCUT2D eigenvalue weighted by atomic mass is 10.0. The summed E-state index contributed by atoms with van der Waals surface area (Å²) in [6.45, 7) is 4.57. The molecule has 0 saturated carbocycles. The summed E-state index contributed by atoms with van der Waals surface area (Å²) in [4.78, 5) is 37.1. The summed E-state index contributed by atoms with van der Waals surface area (Å²) in [5.41, 5.74) is 0. The zero-order valence-electron chi connectivity index (χ0n) is 46.1. The Labute approximate surface area is 435 Å². The number of esters is 2. The van der Waals surface area contributed by atoms with E-state index in [1.54, 1.807) is 0 Å². The fourth-order valence-electron chi connectivity index (χ4n) is 7.44. The zero-order valence-corrected chi connectivity index (χ0v) is 46.1. The van der Waals surface area contributed by atoms with Crippen molar-refractivity contribution in [1.82, 2.24) is 0 Å². The highest BCUT2D eigenvalue weighted by atomic mass is 16.7. The number of hydrogen-bond donors (Lipinski definition) is 0. The third kappa shape index (κ3) is 53.8. The second kappa shape index (κ2) is 52.5. The number of aliphatic carboxylic acids is 1. The Morgan fingerprint density at radius 3 is 1.21 bits per heavy atom. The van der Waals surface area contributed by atoms with Gasteiger partial charge < -0.3 is 33.3 Å². The number of rotatable bonds is 51. The SMILES string of the molecule is CC/C=C\C/C=C\C/C=C\C/C=C\C/C=C\C/C=C\C/C=C\CCCCCCCCCCCCCCCC(=O)OC(COC(=O)CCCCCCC/C=C\CCCC)COC(OCC[N+](C)(C)C)C(=O)[O-]. The molecule has 0 spiro atoms. The fourth-order valence-corrected chi connectivity index (χ4v) is 7.44. The van der Waals surface area contributed by atoms with Crippen LogP contribution in [0.4, 0.5) is 0 Å². The summed E-state index contributed by atoms with van der Waals surface area (Å²) < 4.78 is 22.6. The lowest BCUT2D eigenvalue weighted by Crippen LogP contribution is -2.44. The number of unbranched alkanes of at least 4 members (excludes halogenated alkanes) is 20. The Morgan fingerprint density at radius 2 is 0.803 bits per heavy atom. The summed E-state index contributed by atoms with van der Waals surface area (Å²) in [7, 11) is 5.91. The molecule has 406 valence electrons.